The molecule has 1 atom stereocenters. The van der Waals surface area contributed by atoms with Crippen LogP contribution in [0.4, 0.5) is 0 Å². The summed E-state index contributed by atoms with van der Waals surface area (Å²) in [4.78, 5) is 24.6. The third kappa shape index (κ3) is 5.70. The van der Waals surface area contributed by atoms with Crippen LogP contribution < -0.4 is 5.32 Å². The average Bonchev–Trinajstić information content (AvgIpc) is 3.24. The Bertz CT molecular complexity index is 893. The van der Waals surface area contributed by atoms with E-state index in [1.54, 1.807) is 24.3 Å². The van der Waals surface area contributed by atoms with Gasteiger partial charge in [-0.2, -0.15) is 4.31 Å². The molecule has 0 spiro atoms. The fraction of sp³-hybridized carbons (Fsp3) is 0.545. The maximum Gasteiger partial charge on any atom is 0.324 e. The molecule has 0 aromatic heterocycles. The van der Waals surface area contributed by atoms with Crippen LogP contribution in [0.2, 0.25) is 0 Å². The second-order valence-electron chi connectivity index (χ2n) is 7.90. The van der Waals surface area contributed by atoms with Gasteiger partial charge in [-0.25, -0.2) is 8.42 Å². The zero-order chi connectivity index (χ0) is 21.6. The second kappa shape index (κ2) is 10.2. The molecule has 1 aromatic rings. The minimum Gasteiger partial charge on any atom is -0.454 e. The number of aryl methyl sites for hydroxylation is 1. The number of ether oxygens (including phenoxy) is 1. The molecule has 0 radical (unpaired) electrons. The third-order valence-corrected chi connectivity index (χ3v) is 7.52. The third-order valence-electron chi connectivity index (χ3n) is 5.60. The lowest BCUT2D eigenvalue weighted by molar-refractivity contribution is -0.151. The van der Waals surface area contributed by atoms with E-state index >= 15 is 0 Å². The Morgan fingerprint density at radius 3 is 2.63 bits per heavy atom. The van der Waals surface area contributed by atoms with Crippen LogP contribution in [0.15, 0.2) is 40.8 Å². The van der Waals surface area contributed by atoms with E-state index in [4.69, 9.17) is 4.74 Å². The number of rotatable bonds is 8. The molecule has 1 fully saturated rings. The number of esters is 1. The number of carbonyl (C=O) groups is 2. The van der Waals surface area contributed by atoms with Crippen molar-refractivity contribution in [2.45, 2.75) is 62.8 Å². The Labute approximate surface area is 178 Å². The SMILES string of the molecule is Cc1ccc(S(=O)(=O)N2CCCC2C(=O)OCC(=O)NCCC2=CCCCC2)cc1. The normalized spacial score (nSPS) is 19.9. The van der Waals surface area contributed by atoms with E-state index in [1.807, 2.05) is 6.92 Å². The lowest BCUT2D eigenvalue weighted by atomic mass is 9.97. The lowest BCUT2D eigenvalue weighted by Gasteiger charge is -2.22. The summed E-state index contributed by atoms with van der Waals surface area (Å²) in [6, 6.07) is 5.64. The highest BCUT2D eigenvalue weighted by Crippen LogP contribution is 2.27. The fourth-order valence-corrected chi connectivity index (χ4v) is 5.53. The summed E-state index contributed by atoms with van der Waals surface area (Å²) in [6.45, 7) is 2.26. The largest absolute Gasteiger partial charge is 0.454 e. The summed E-state index contributed by atoms with van der Waals surface area (Å²) in [5, 5.41) is 2.76. The summed E-state index contributed by atoms with van der Waals surface area (Å²) >= 11 is 0. The van der Waals surface area contributed by atoms with E-state index in [-0.39, 0.29) is 17.3 Å². The molecule has 1 amide bonds. The molecule has 8 heteroatoms. The standard InChI is InChI=1S/C22H30N2O5S/c1-17-9-11-19(12-10-17)30(27,28)24-15-5-8-20(24)22(26)29-16-21(25)23-14-13-18-6-3-2-4-7-18/h6,9-12,20H,2-5,7-8,13-16H2,1H3,(H,23,25). The van der Waals surface area contributed by atoms with Crippen molar-refractivity contribution < 1.29 is 22.7 Å². The van der Waals surface area contributed by atoms with Crippen LogP contribution >= 0.6 is 0 Å². The van der Waals surface area contributed by atoms with Crippen molar-refractivity contribution in [3.05, 3.63) is 41.5 Å². The molecule has 1 heterocycles. The molecule has 164 valence electrons. The summed E-state index contributed by atoms with van der Waals surface area (Å²) < 4.78 is 32.2. The number of nitrogens with one attached hydrogen (secondary N) is 1. The van der Waals surface area contributed by atoms with Gasteiger partial charge in [0.2, 0.25) is 10.0 Å². The molecule has 1 aliphatic heterocycles. The van der Waals surface area contributed by atoms with E-state index in [0.717, 1.165) is 24.8 Å². The first-order valence-corrected chi connectivity index (χ1v) is 12.0. The summed E-state index contributed by atoms with van der Waals surface area (Å²) in [5.74, 6) is -1.04. The maximum absolute atomic E-state index is 12.9. The zero-order valence-corrected chi connectivity index (χ0v) is 18.2. The number of nitrogens with zero attached hydrogens (tertiary/aromatic N) is 1. The zero-order valence-electron chi connectivity index (χ0n) is 17.4. The Morgan fingerprint density at radius 1 is 1.17 bits per heavy atom. The Kier molecular flexibility index (Phi) is 7.66. The van der Waals surface area contributed by atoms with Gasteiger partial charge in [-0.15, -0.1) is 0 Å². The van der Waals surface area contributed by atoms with Gasteiger partial charge in [0, 0.05) is 13.1 Å². The second-order valence-corrected chi connectivity index (χ2v) is 9.79. The van der Waals surface area contributed by atoms with Gasteiger partial charge in [0.25, 0.3) is 5.91 Å². The molecule has 1 saturated heterocycles. The summed E-state index contributed by atoms with van der Waals surface area (Å²) in [7, 11) is -3.79. The Balaban J connectivity index is 1.49. The van der Waals surface area contributed by atoms with Crippen LogP contribution in [-0.4, -0.2) is 50.3 Å². The van der Waals surface area contributed by atoms with Crippen molar-refractivity contribution in [1.82, 2.24) is 9.62 Å². The van der Waals surface area contributed by atoms with Crippen molar-refractivity contribution in [3.63, 3.8) is 0 Å². The predicted octanol–water partition coefficient (Wildman–Crippen LogP) is 2.70. The molecule has 7 nitrogen and oxygen atoms in total. The number of allylic oxidation sites excluding steroid dienone is 1. The topological polar surface area (TPSA) is 92.8 Å². The molecule has 1 aromatic carbocycles. The highest BCUT2D eigenvalue weighted by atomic mass is 32.2. The van der Waals surface area contributed by atoms with Crippen LogP contribution in [0.25, 0.3) is 0 Å². The minimum atomic E-state index is -3.79. The van der Waals surface area contributed by atoms with E-state index < -0.39 is 28.6 Å². The quantitative estimate of drug-likeness (QED) is 0.502. The van der Waals surface area contributed by atoms with Crippen LogP contribution in [0.5, 0.6) is 0 Å². The van der Waals surface area contributed by atoms with Crippen molar-refractivity contribution in [1.29, 1.82) is 0 Å². The van der Waals surface area contributed by atoms with Gasteiger partial charge in [0.05, 0.1) is 4.90 Å². The van der Waals surface area contributed by atoms with Gasteiger partial charge in [-0.1, -0.05) is 29.3 Å². The van der Waals surface area contributed by atoms with Crippen LogP contribution in [-0.2, 0) is 24.3 Å². The molecular formula is C22H30N2O5S. The summed E-state index contributed by atoms with van der Waals surface area (Å²) in [6.07, 6.45) is 8.61. The first-order chi connectivity index (χ1) is 14.4. The fourth-order valence-electron chi connectivity index (χ4n) is 3.89. The van der Waals surface area contributed by atoms with Gasteiger partial charge in [0.15, 0.2) is 6.61 Å². The van der Waals surface area contributed by atoms with Crippen LogP contribution in [0.1, 0.15) is 50.5 Å². The number of hydrogen-bond acceptors (Lipinski definition) is 5. The molecule has 0 bridgehead atoms. The van der Waals surface area contributed by atoms with Crippen LogP contribution in [0.3, 0.4) is 0 Å². The number of amides is 1. The van der Waals surface area contributed by atoms with E-state index in [9.17, 15) is 18.0 Å². The molecule has 30 heavy (non-hydrogen) atoms. The molecule has 2 aliphatic rings. The molecule has 1 N–H and O–H groups in total. The van der Waals surface area contributed by atoms with Gasteiger partial charge < -0.3 is 10.1 Å². The smallest absolute Gasteiger partial charge is 0.324 e. The lowest BCUT2D eigenvalue weighted by Crippen LogP contribution is -2.42. The van der Waals surface area contributed by atoms with Gasteiger partial charge >= 0.3 is 5.97 Å². The average molecular weight is 435 g/mol. The molecular weight excluding hydrogens is 404 g/mol. The van der Waals surface area contributed by atoms with Crippen molar-refractivity contribution in [2.24, 2.45) is 0 Å². The number of hydrogen-bond donors (Lipinski definition) is 1. The molecule has 1 aliphatic carbocycles. The first-order valence-electron chi connectivity index (χ1n) is 10.6. The van der Waals surface area contributed by atoms with Crippen molar-refractivity contribution in [3.8, 4) is 0 Å². The first kappa shape index (κ1) is 22.5. The van der Waals surface area contributed by atoms with E-state index in [2.05, 4.69) is 11.4 Å². The van der Waals surface area contributed by atoms with E-state index in [1.165, 1.54) is 22.7 Å². The van der Waals surface area contributed by atoms with Gasteiger partial charge in [-0.05, 0) is 64.0 Å². The molecule has 3 rings (SSSR count). The Morgan fingerprint density at radius 2 is 1.93 bits per heavy atom. The van der Waals surface area contributed by atoms with Crippen molar-refractivity contribution >= 4 is 21.9 Å². The maximum atomic E-state index is 12.9. The molecule has 1 unspecified atom stereocenters. The van der Waals surface area contributed by atoms with Crippen molar-refractivity contribution in [2.75, 3.05) is 19.7 Å². The van der Waals surface area contributed by atoms with E-state index in [0.29, 0.717) is 19.4 Å². The Hall–Kier alpha value is -2.19. The van der Waals surface area contributed by atoms with Crippen LogP contribution in [0, 0.1) is 6.92 Å². The number of carbonyl (C=O) groups excluding carboxylic acids is 2. The highest BCUT2D eigenvalue weighted by Gasteiger charge is 2.40. The monoisotopic (exact) mass is 434 g/mol. The van der Waals surface area contributed by atoms with Gasteiger partial charge in [0.1, 0.15) is 6.04 Å². The van der Waals surface area contributed by atoms with Gasteiger partial charge in [-0.3, -0.25) is 9.59 Å². The number of sulfonamides is 1. The number of benzene rings is 1. The molecule has 0 saturated carbocycles. The predicted molar refractivity (Wildman–Crippen MR) is 113 cm³/mol. The minimum absolute atomic E-state index is 0.155. The summed E-state index contributed by atoms with van der Waals surface area (Å²) in [5.41, 5.74) is 2.32. The highest BCUT2D eigenvalue weighted by molar-refractivity contribution is 7.89.